The van der Waals surface area contributed by atoms with Gasteiger partial charge in [-0.3, -0.25) is 0 Å². The van der Waals surface area contributed by atoms with Gasteiger partial charge < -0.3 is 10.1 Å². The van der Waals surface area contributed by atoms with Gasteiger partial charge in [0, 0.05) is 13.1 Å². The van der Waals surface area contributed by atoms with Crippen LogP contribution in [0.3, 0.4) is 0 Å². The van der Waals surface area contributed by atoms with E-state index >= 15 is 0 Å². The Kier molecular flexibility index (Phi) is 7.84. The summed E-state index contributed by atoms with van der Waals surface area (Å²) >= 11 is 0. The lowest BCUT2D eigenvalue weighted by molar-refractivity contribution is -0.0517. The summed E-state index contributed by atoms with van der Waals surface area (Å²) in [6.45, 7) is -2.49. The third-order valence-electron chi connectivity index (χ3n) is 2.02. The Morgan fingerprint density at radius 1 is 1.26 bits per heavy atom. The van der Waals surface area contributed by atoms with Crippen LogP contribution in [-0.2, 0) is 10.0 Å². The number of sulfonamides is 1. The fourth-order valence-corrected chi connectivity index (χ4v) is 2.42. The van der Waals surface area contributed by atoms with Gasteiger partial charge in [0.1, 0.15) is 10.6 Å². The van der Waals surface area contributed by atoms with Crippen LogP contribution in [0, 0.1) is 0 Å². The zero-order valence-corrected chi connectivity index (χ0v) is 11.7. The van der Waals surface area contributed by atoms with Gasteiger partial charge in [0.25, 0.3) is 0 Å². The fraction of sp³-hybridized carbons (Fsp3) is 0.400. The van der Waals surface area contributed by atoms with Crippen LogP contribution < -0.4 is 14.8 Å². The number of hydrogen-bond acceptors (Lipinski definition) is 4. The summed E-state index contributed by atoms with van der Waals surface area (Å²) in [5.74, 6) is -0.371. The van der Waals surface area contributed by atoms with E-state index in [1.54, 1.807) is 7.05 Å². The van der Waals surface area contributed by atoms with E-state index in [0.717, 1.165) is 0 Å². The summed E-state index contributed by atoms with van der Waals surface area (Å²) in [7, 11) is -2.19. The number of para-hydroxylation sites is 1. The first-order valence-electron chi connectivity index (χ1n) is 5.15. The van der Waals surface area contributed by atoms with Crippen LogP contribution >= 0.6 is 12.4 Å². The predicted molar refractivity (Wildman–Crippen MR) is 69.4 cm³/mol. The molecule has 0 fully saturated rings. The molecule has 0 spiro atoms. The first-order valence-corrected chi connectivity index (χ1v) is 6.64. The number of benzene rings is 1. The van der Waals surface area contributed by atoms with Crippen LogP contribution in [0.2, 0.25) is 0 Å². The highest BCUT2D eigenvalue weighted by Gasteiger charge is 2.20. The Labute approximate surface area is 116 Å². The number of rotatable bonds is 7. The van der Waals surface area contributed by atoms with E-state index in [-0.39, 0.29) is 29.6 Å². The average molecular weight is 317 g/mol. The zero-order valence-electron chi connectivity index (χ0n) is 10.1. The van der Waals surface area contributed by atoms with Gasteiger partial charge >= 0.3 is 6.61 Å². The number of halogens is 3. The minimum Gasteiger partial charge on any atom is -0.433 e. The van der Waals surface area contributed by atoms with Crippen molar-refractivity contribution in [1.82, 2.24) is 10.0 Å². The smallest absolute Gasteiger partial charge is 0.387 e. The van der Waals surface area contributed by atoms with Gasteiger partial charge in [-0.1, -0.05) is 12.1 Å². The third kappa shape index (κ3) is 5.68. The van der Waals surface area contributed by atoms with Crippen molar-refractivity contribution in [3.05, 3.63) is 24.3 Å². The van der Waals surface area contributed by atoms with Gasteiger partial charge in [0.15, 0.2) is 0 Å². The second-order valence-electron chi connectivity index (χ2n) is 3.33. The standard InChI is InChI=1S/C10H14F2N2O3S.ClH/c1-13-6-7-14-18(15,16)9-5-3-2-4-8(9)17-10(11)12;/h2-5,10,13-14H,6-7H2,1H3;1H. The molecule has 5 nitrogen and oxygen atoms in total. The van der Waals surface area contributed by atoms with Crippen molar-refractivity contribution in [2.45, 2.75) is 11.5 Å². The van der Waals surface area contributed by atoms with E-state index in [1.165, 1.54) is 24.3 Å². The lowest BCUT2D eigenvalue weighted by atomic mass is 10.3. The maximum absolute atomic E-state index is 12.1. The summed E-state index contributed by atoms with van der Waals surface area (Å²) < 4.78 is 54.4. The van der Waals surface area contributed by atoms with Gasteiger partial charge in [-0.05, 0) is 19.2 Å². The lowest BCUT2D eigenvalue weighted by Crippen LogP contribution is -2.30. The van der Waals surface area contributed by atoms with Crippen molar-refractivity contribution in [2.75, 3.05) is 20.1 Å². The van der Waals surface area contributed by atoms with Crippen molar-refractivity contribution in [3.63, 3.8) is 0 Å². The molecule has 1 rings (SSSR count). The second kappa shape index (κ2) is 8.26. The monoisotopic (exact) mass is 316 g/mol. The molecule has 0 amide bonds. The number of alkyl halides is 2. The van der Waals surface area contributed by atoms with Crippen molar-refractivity contribution >= 4 is 22.4 Å². The molecule has 1 aromatic rings. The van der Waals surface area contributed by atoms with Gasteiger partial charge in [-0.25, -0.2) is 13.1 Å². The molecule has 0 aliphatic carbocycles. The largest absolute Gasteiger partial charge is 0.433 e. The first kappa shape index (κ1) is 18.0. The highest BCUT2D eigenvalue weighted by atomic mass is 35.5. The fourth-order valence-electron chi connectivity index (χ4n) is 1.25. The Bertz CT molecular complexity index is 485. The highest BCUT2D eigenvalue weighted by Crippen LogP contribution is 2.24. The minimum absolute atomic E-state index is 0. The van der Waals surface area contributed by atoms with Gasteiger partial charge in [0.05, 0.1) is 0 Å². The molecule has 0 aliphatic heterocycles. The number of ether oxygens (including phenoxy) is 1. The Morgan fingerprint density at radius 2 is 1.89 bits per heavy atom. The van der Waals surface area contributed by atoms with E-state index in [4.69, 9.17) is 0 Å². The number of hydrogen-bond donors (Lipinski definition) is 2. The summed E-state index contributed by atoms with van der Waals surface area (Å²) in [5.41, 5.74) is 0. The molecule has 0 aliphatic rings. The molecule has 9 heteroatoms. The molecular weight excluding hydrogens is 302 g/mol. The van der Waals surface area contributed by atoms with Crippen LogP contribution in [0.1, 0.15) is 0 Å². The van der Waals surface area contributed by atoms with E-state index in [1.807, 2.05) is 0 Å². The summed E-state index contributed by atoms with van der Waals surface area (Å²) in [6.07, 6.45) is 0. The van der Waals surface area contributed by atoms with Crippen molar-refractivity contribution in [1.29, 1.82) is 0 Å². The molecule has 2 N–H and O–H groups in total. The zero-order chi connectivity index (χ0) is 13.6. The van der Waals surface area contributed by atoms with E-state index in [9.17, 15) is 17.2 Å². The van der Waals surface area contributed by atoms with E-state index in [0.29, 0.717) is 6.54 Å². The van der Waals surface area contributed by atoms with Gasteiger partial charge in [-0.2, -0.15) is 8.78 Å². The molecule has 19 heavy (non-hydrogen) atoms. The number of likely N-dealkylation sites (N-methyl/N-ethyl adjacent to an activating group) is 1. The molecule has 1 aromatic carbocycles. The minimum atomic E-state index is -3.86. The molecule has 0 atom stereocenters. The predicted octanol–water partition coefficient (Wildman–Crippen LogP) is 1.21. The topological polar surface area (TPSA) is 67.4 Å². The van der Waals surface area contributed by atoms with Crippen molar-refractivity contribution in [2.24, 2.45) is 0 Å². The molecule has 0 radical (unpaired) electrons. The molecule has 0 unspecified atom stereocenters. The molecule has 0 heterocycles. The van der Waals surface area contributed by atoms with Crippen molar-refractivity contribution in [3.8, 4) is 5.75 Å². The van der Waals surface area contributed by atoms with E-state index in [2.05, 4.69) is 14.8 Å². The van der Waals surface area contributed by atoms with Crippen LogP contribution in [0.5, 0.6) is 5.75 Å². The van der Waals surface area contributed by atoms with Crippen LogP contribution in [0.4, 0.5) is 8.78 Å². The SMILES string of the molecule is CNCCNS(=O)(=O)c1ccccc1OC(F)F.Cl. The van der Waals surface area contributed by atoms with Gasteiger partial charge in [0.2, 0.25) is 10.0 Å². The van der Waals surface area contributed by atoms with E-state index < -0.39 is 16.6 Å². The quantitative estimate of drug-likeness (QED) is 0.742. The van der Waals surface area contributed by atoms with Gasteiger partial charge in [-0.15, -0.1) is 12.4 Å². The molecule has 0 bridgehead atoms. The van der Waals surface area contributed by atoms with Crippen molar-refractivity contribution < 1.29 is 21.9 Å². The summed E-state index contributed by atoms with van der Waals surface area (Å²) in [6, 6.07) is 5.24. The maximum Gasteiger partial charge on any atom is 0.387 e. The first-order chi connectivity index (χ1) is 8.47. The lowest BCUT2D eigenvalue weighted by Gasteiger charge is -2.11. The Balaban J connectivity index is 0.00000324. The molecule has 0 saturated heterocycles. The van der Waals surface area contributed by atoms with Crippen LogP contribution in [0.15, 0.2) is 29.2 Å². The van der Waals surface area contributed by atoms with Crippen LogP contribution in [0.25, 0.3) is 0 Å². The molecule has 110 valence electrons. The highest BCUT2D eigenvalue weighted by molar-refractivity contribution is 7.89. The summed E-state index contributed by atoms with van der Waals surface area (Å²) in [5, 5.41) is 2.76. The van der Waals surface area contributed by atoms with Crippen LogP contribution in [-0.4, -0.2) is 35.2 Å². The third-order valence-corrected chi connectivity index (χ3v) is 3.52. The Morgan fingerprint density at radius 3 is 2.47 bits per heavy atom. The Hall–Kier alpha value is -0.960. The number of nitrogens with one attached hydrogen (secondary N) is 2. The molecule has 0 aromatic heterocycles. The molecule has 0 saturated carbocycles. The average Bonchev–Trinajstić information content (AvgIpc) is 2.29. The normalized spacial score (nSPS) is 11.2. The molecular formula is C10H15ClF2N2O3S. The second-order valence-corrected chi connectivity index (χ2v) is 5.06. The summed E-state index contributed by atoms with van der Waals surface area (Å²) in [4.78, 5) is -0.304. The maximum atomic E-state index is 12.1.